The van der Waals surface area contributed by atoms with Crippen LogP contribution in [0.15, 0.2) is 29.2 Å². The van der Waals surface area contributed by atoms with Gasteiger partial charge in [0, 0.05) is 29.4 Å². The molecule has 0 radical (unpaired) electrons. The third-order valence-electron chi connectivity index (χ3n) is 2.58. The van der Waals surface area contributed by atoms with E-state index in [1.807, 2.05) is 32.7 Å². The maximum Gasteiger partial charge on any atom is 0.0702 e. The minimum atomic E-state index is -0.319. The number of thioether (sulfide) groups is 1. The maximum absolute atomic E-state index is 9.05. The predicted molar refractivity (Wildman–Crippen MR) is 80.1 cm³/mol. The summed E-state index contributed by atoms with van der Waals surface area (Å²) in [5, 5.41) is 9.66. The van der Waals surface area contributed by atoms with Crippen LogP contribution in [0.1, 0.15) is 27.7 Å². The van der Waals surface area contributed by atoms with Crippen molar-refractivity contribution >= 4 is 17.4 Å². The Morgan fingerprint density at radius 1 is 1.28 bits per heavy atom. The summed E-state index contributed by atoms with van der Waals surface area (Å²) in [6.07, 6.45) is 0. The van der Waals surface area contributed by atoms with E-state index in [9.17, 15) is 0 Å². The van der Waals surface area contributed by atoms with E-state index in [1.54, 1.807) is 0 Å². The predicted octanol–water partition coefficient (Wildman–Crippen LogP) is 4.17. The van der Waals surface area contributed by atoms with E-state index in [1.165, 1.54) is 4.90 Å². The third-order valence-corrected chi connectivity index (χ3v) is 3.60. The Bertz CT molecular complexity index is 415. The van der Waals surface area contributed by atoms with Crippen LogP contribution in [-0.2, 0) is 0 Å². The highest BCUT2D eigenvalue weighted by molar-refractivity contribution is 7.99. The Kier molecular flexibility index (Phi) is 5.10. The molecule has 0 amide bonds. The van der Waals surface area contributed by atoms with Crippen molar-refractivity contribution in [1.82, 2.24) is 0 Å². The van der Waals surface area contributed by atoms with Crippen molar-refractivity contribution in [1.29, 1.82) is 5.26 Å². The average Bonchev–Trinajstić information content (AvgIpc) is 2.28. The van der Waals surface area contributed by atoms with E-state index < -0.39 is 0 Å². The molecule has 0 unspecified atom stereocenters. The topological polar surface area (TPSA) is 27.0 Å². The quantitative estimate of drug-likeness (QED) is 0.745. The molecule has 0 saturated carbocycles. The second-order valence-corrected chi connectivity index (χ2v) is 7.16. The van der Waals surface area contributed by atoms with E-state index in [0.717, 1.165) is 12.2 Å². The Hall–Kier alpha value is -1.14. The molecule has 0 aliphatic heterocycles. The van der Waals surface area contributed by atoms with Crippen molar-refractivity contribution < 1.29 is 0 Å². The Balaban J connectivity index is 2.71. The summed E-state index contributed by atoms with van der Waals surface area (Å²) in [7, 11) is 2.03. The maximum atomic E-state index is 9.05. The molecular formula is C15H22N2S. The first-order valence-corrected chi connectivity index (χ1v) is 7.11. The number of hydrogen-bond donors (Lipinski definition) is 0. The summed E-state index contributed by atoms with van der Waals surface area (Å²) in [5.74, 6) is 0. The first kappa shape index (κ1) is 14.9. The molecule has 0 aliphatic rings. The lowest BCUT2D eigenvalue weighted by atomic mass is 9.95. The largest absolute Gasteiger partial charge is 0.373 e. The summed E-state index contributed by atoms with van der Waals surface area (Å²) in [6, 6.07) is 10.9. The van der Waals surface area contributed by atoms with Crippen LogP contribution < -0.4 is 4.90 Å². The van der Waals surface area contributed by atoms with E-state index in [0.29, 0.717) is 5.25 Å². The van der Waals surface area contributed by atoms with Gasteiger partial charge in [-0.25, -0.2) is 0 Å². The van der Waals surface area contributed by atoms with Gasteiger partial charge < -0.3 is 4.90 Å². The molecule has 0 fully saturated rings. The molecule has 0 aromatic heterocycles. The minimum Gasteiger partial charge on any atom is -0.373 e. The lowest BCUT2D eigenvalue weighted by molar-refractivity contribution is 0.497. The van der Waals surface area contributed by atoms with E-state index in [-0.39, 0.29) is 5.41 Å². The fraction of sp³-hybridized carbons (Fsp3) is 0.533. The Labute approximate surface area is 115 Å². The van der Waals surface area contributed by atoms with Crippen LogP contribution in [-0.4, -0.2) is 18.8 Å². The zero-order valence-electron chi connectivity index (χ0n) is 11.9. The molecule has 0 heterocycles. The molecule has 0 aliphatic carbocycles. The monoisotopic (exact) mass is 262 g/mol. The van der Waals surface area contributed by atoms with Crippen molar-refractivity contribution in [2.45, 2.75) is 37.8 Å². The van der Waals surface area contributed by atoms with Crippen molar-refractivity contribution in [3.63, 3.8) is 0 Å². The minimum absolute atomic E-state index is 0.319. The van der Waals surface area contributed by atoms with Crippen LogP contribution >= 0.6 is 11.8 Å². The highest BCUT2D eigenvalue weighted by atomic mass is 32.2. The summed E-state index contributed by atoms with van der Waals surface area (Å²) >= 11 is 1.87. The number of rotatable bonds is 5. The molecule has 0 saturated heterocycles. The van der Waals surface area contributed by atoms with Gasteiger partial charge >= 0.3 is 0 Å². The molecular weight excluding hydrogens is 240 g/mol. The van der Waals surface area contributed by atoms with Gasteiger partial charge in [0.1, 0.15) is 0 Å². The molecule has 1 rings (SSSR count). The zero-order valence-corrected chi connectivity index (χ0v) is 12.7. The molecule has 1 aromatic carbocycles. The summed E-state index contributed by atoms with van der Waals surface area (Å²) in [4.78, 5) is 3.43. The van der Waals surface area contributed by atoms with E-state index in [2.05, 4.69) is 49.1 Å². The van der Waals surface area contributed by atoms with Crippen LogP contribution in [0.5, 0.6) is 0 Å². The Morgan fingerprint density at radius 3 is 2.28 bits per heavy atom. The smallest absolute Gasteiger partial charge is 0.0702 e. The molecule has 18 heavy (non-hydrogen) atoms. The Morgan fingerprint density at radius 2 is 1.83 bits per heavy atom. The SMILES string of the molecule is CC(C)Sc1ccc(N(C)CC(C)(C)C#N)cc1. The van der Waals surface area contributed by atoms with Gasteiger partial charge in [-0.15, -0.1) is 11.8 Å². The van der Waals surface area contributed by atoms with E-state index >= 15 is 0 Å². The van der Waals surface area contributed by atoms with Gasteiger partial charge in [-0.2, -0.15) is 5.26 Å². The first-order valence-electron chi connectivity index (χ1n) is 6.23. The summed E-state index contributed by atoms with van der Waals surface area (Å²) in [6.45, 7) is 9.05. The molecule has 0 spiro atoms. The van der Waals surface area contributed by atoms with E-state index in [4.69, 9.17) is 5.26 Å². The molecule has 0 atom stereocenters. The molecule has 2 nitrogen and oxygen atoms in total. The number of nitriles is 1. The van der Waals surface area contributed by atoms with Crippen molar-refractivity contribution in [3.05, 3.63) is 24.3 Å². The first-order chi connectivity index (χ1) is 8.34. The summed E-state index contributed by atoms with van der Waals surface area (Å²) < 4.78 is 0. The fourth-order valence-electron chi connectivity index (χ4n) is 1.77. The second-order valence-electron chi connectivity index (χ2n) is 5.51. The van der Waals surface area contributed by atoms with Gasteiger partial charge in [0.2, 0.25) is 0 Å². The van der Waals surface area contributed by atoms with Crippen LogP contribution in [0.4, 0.5) is 5.69 Å². The zero-order chi connectivity index (χ0) is 13.8. The lowest BCUT2D eigenvalue weighted by Crippen LogP contribution is -2.30. The van der Waals surface area contributed by atoms with Crippen LogP contribution in [0, 0.1) is 16.7 Å². The van der Waals surface area contributed by atoms with Gasteiger partial charge in [-0.1, -0.05) is 13.8 Å². The second kappa shape index (κ2) is 6.15. The normalized spacial score (nSPS) is 11.4. The standard InChI is InChI=1S/C15H22N2S/c1-12(2)18-14-8-6-13(7-9-14)17(5)11-15(3,4)10-16/h6-9,12H,11H2,1-5H3. The van der Waals surface area contributed by atoms with Crippen LogP contribution in [0.3, 0.4) is 0 Å². The van der Waals surface area contributed by atoms with Gasteiger partial charge in [-0.05, 0) is 38.1 Å². The molecule has 0 bridgehead atoms. The van der Waals surface area contributed by atoms with Gasteiger partial charge in [0.05, 0.1) is 11.5 Å². The van der Waals surface area contributed by atoms with Gasteiger partial charge in [-0.3, -0.25) is 0 Å². The molecule has 3 heteroatoms. The van der Waals surface area contributed by atoms with Gasteiger partial charge in [0.15, 0.2) is 0 Å². The molecule has 0 N–H and O–H groups in total. The number of nitrogens with zero attached hydrogens (tertiary/aromatic N) is 2. The van der Waals surface area contributed by atoms with Crippen LogP contribution in [0.2, 0.25) is 0 Å². The van der Waals surface area contributed by atoms with Gasteiger partial charge in [0.25, 0.3) is 0 Å². The highest BCUT2D eigenvalue weighted by Crippen LogP contribution is 2.26. The average molecular weight is 262 g/mol. The molecule has 1 aromatic rings. The number of benzene rings is 1. The number of hydrogen-bond acceptors (Lipinski definition) is 3. The third kappa shape index (κ3) is 4.62. The number of anilines is 1. The fourth-order valence-corrected chi connectivity index (χ4v) is 2.61. The lowest BCUT2D eigenvalue weighted by Gasteiger charge is -2.26. The highest BCUT2D eigenvalue weighted by Gasteiger charge is 2.19. The molecule has 98 valence electrons. The van der Waals surface area contributed by atoms with Crippen molar-refractivity contribution in [2.75, 3.05) is 18.5 Å². The van der Waals surface area contributed by atoms with Crippen LogP contribution in [0.25, 0.3) is 0 Å². The van der Waals surface area contributed by atoms with Crippen molar-refractivity contribution in [2.24, 2.45) is 5.41 Å². The van der Waals surface area contributed by atoms with Crippen molar-refractivity contribution in [3.8, 4) is 6.07 Å². The summed E-state index contributed by atoms with van der Waals surface area (Å²) in [5.41, 5.74) is 0.839.